The lowest BCUT2D eigenvalue weighted by molar-refractivity contribution is -0.138. The zero-order chi connectivity index (χ0) is 11.8. The molecule has 0 bridgehead atoms. The van der Waals surface area contributed by atoms with E-state index < -0.39 is 5.97 Å². The standard InChI is InChI=1S/C12H16N2O2/c1-2-16-12(15)11(13)9-14-8-10-6-4-3-5-7-10/h3-7,9,14H,2,8,13H2,1H3/b11-9-. The molecule has 0 fully saturated rings. The van der Waals surface area contributed by atoms with Gasteiger partial charge in [-0.2, -0.15) is 0 Å². The molecule has 0 unspecified atom stereocenters. The smallest absolute Gasteiger partial charge is 0.355 e. The third kappa shape index (κ3) is 4.04. The molecule has 0 saturated heterocycles. The summed E-state index contributed by atoms with van der Waals surface area (Å²) in [6, 6.07) is 9.83. The monoisotopic (exact) mass is 220 g/mol. The lowest BCUT2D eigenvalue weighted by Crippen LogP contribution is -2.18. The molecule has 4 nitrogen and oxygen atoms in total. The zero-order valence-electron chi connectivity index (χ0n) is 9.27. The summed E-state index contributed by atoms with van der Waals surface area (Å²) in [4.78, 5) is 11.1. The first-order chi connectivity index (χ1) is 7.74. The molecule has 0 atom stereocenters. The predicted octanol–water partition coefficient (Wildman–Crippen LogP) is 1.14. The minimum Gasteiger partial charge on any atom is -0.461 e. The maximum absolute atomic E-state index is 11.1. The molecule has 3 N–H and O–H groups in total. The molecule has 4 heteroatoms. The molecule has 86 valence electrons. The molecular formula is C12H16N2O2. The van der Waals surface area contributed by atoms with Crippen LogP contribution in [0.15, 0.2) is 42.2 Å². The molecule has 0 saturated carbocycles. The molecule has 1 aromatic carbocycles. The molecule has 0 radical (unpaired) electrons. The number of carbonyl (C=O) groups excluding carboxylic acids is 1. The topological polar surface area (TPSA) is 64.3 Å². The Morgan fingerprint density at radius 2 is 2.12 bits per heavy atom. The van der Waals surface area contributed by atoms with Crippen LogP contribution in [-0.4, -0.2) is 12.6 Å². The van der Waals surface area contributed by atoms with Crippen LogP contribution in [0.25, 0.3) is 0 Å². The number of nitrogens with two attached hydrogens (primary N) is 1. The van der Waals surface area contributed by atoms with Gasteiger partial charge in [0.05, 0.1) is 6.61 Å². The second-order valence-electron chi connectivity index (χ2n) is 3.19. The minimum atomic E-state index is -0.497. The van der Waals surface area contributed by atoms with Crippen molar-refractivity contribution in [1.29, 1.82) is 0 Å². The number of benzene rings is 1. The normalized spacial score (nSPS) is 10.9. The van der Waals surface area contributed by atoms with Crippen molar-refractivity contribution in [3.8, 4) is 0 Å². The summed E-state index contributed by atoms with van der Waals surface area (Å²) in [5, 5.41) is 2.95. The molecule has 1 rings (SSSR count). The first kappa shape index (κ1) is 12.1. The predicted molar refractivity (Wildman–Crippen MR) is 62.2 cm³/mol. The van der Waals surface area contributed by atoms with Crippen molar-refractivity contribution >= 4 is 5.97 Å². The Morgan fingerprint density at radius 1 is 1.44 bits per heavy atom. The van der Waals surface area contributed by atoms with Gasteiger partial charge in [0, 0.05) is 12.7 Å². The summed E-state index contributed by atoms with van der Waals surface area (Å²) < 4.78 is 4.73. The van der Waals surface area contributed by atoms with Crippen molar-refractivity contribution in [2.75, 3.05) is 6.61 Å². The van der Waals surface area contributed by atoms with Crippen LogP contribution in [0.5, 0.6) is 0 Å². The summed E-state index contributed by atoms with van der Waals surface area (Å²) in [7, 11) is 0. The summed E-state index contributed by atoms with van der Waals surface area (Å²) in [5.74, 6) is -0.497. The van der Waals surface area contributed by atoms with E-state index in [1.54, 1.807) is 6.92 Å². The van der Waals surface area contributed by atoms with Crippen LogP contribution in [0, 0.1) is 0 Å². The third-order valence-electron chi connectivity index (χ3n) is 1.92. The van der Waals surface area contributed by atoms with Crippen molar-refractivity contribution in [2.24, 2.45) is 5.73 Å². The number of rotatable bonds is 5. The fourth-order valence-corrected chi connectivity index (χ4v) is 1.15. The van der Waals surface area contributed by atoms with Crippen LogP contribution in [0.1, 0.15) is 12.5 Å². The van der Waals surface area contributed by atoms with Crippen LogP contribution in [0.3, 0.4) is 0 Å². The number of ether oxygens (including phenoxy) is 1. The highest BCUT2D eigenvalue weighted by Gasteiger charge is 2.03. The van der Waals surface area contributed by atoms with E-state index in [0.29, 0.717) is 13.2 Å². The second kappa shape index (κ2) is 6.50. The molecule has 0 spiro atoms. The van der Waals surface area contributed by atoms with Gasteiger partial charge in [-0.05, 0) is 12.5 Å². The Balaban J connectivity index is 2.39. The Labute approximate surface area is 95.1 Å². The average molecular weight is 220 g/mol. The van der Waals surface area contributed by atoms with Gasteiger partial charge in [-0.1, -0.05) is 30.3 Å². The maximum atomic E-state index is 11.1. The summed E-state index contributed by atoms with van der Waals surface area (Å²) in [6.07, 6.45) is 1.46. The molecule has 0 heterocycles. The van der Waals surface area contributed by atoms with Crippen LogP contribution in [0.2, 0.25) is 0 Å². The van der Waals surface area contributed by atoms with Gasteiger partial charge >= 0.3 is 5.97 Å². The lowest BCUT2D eigenvalue weighted by Gasteiger charge is -2.03. The number of esters is 1. The highest BCUT2D eigenvalue weighted by atomic mass is 16.5. The van der Waals surface area contributed by atoms with E-state index in [2.05, 4.69) is 5.32 Å². The lowest BCUT2D eigenvalue weighted by atomic mass is 10.2. The summed E-state index contributed by atoms with van der Waals surface area (Å²) in [6.45, 7) is 2.69. The van der Waals surface area contributed by atoms with Gasteiger partial charge in [0.25, 0.3) is 0 Å². The quantitative estimate of drug-likeness (QED) is 0.577. The number of carbonyl (C=O) groups is 1. The van der Waals surface area contributed by atoms with Crippen molar-refractivity contribution < 1.29 is 9.53 Å². The number of hydrogen-bond donors (Lipinski definition) is 2. The first-order valence-electron chi connectivity index (χ1n) is 5.14. The average Bonchev–Trinajstić information content (AvgIpc) is 2.30. The summed E-state index contributed by atoms with van der Waals surface area (Å²) >= 11 is 0. The van der Waals surface area contributed by atoms with Crippen LogP contribution in [-0.2, 0) is 16.1 Å². The summed E-state index contributed by atoms with van der Waals surface area (Å²) in [5.41, 5.74) is 6.69. The molecule has 16 heavy (non-hydrogen) atoms. The van der Waals surface area contributed by atoms with Gasteiger partial charge in [0.15, 0.2) is 0 Å². The van der Waals surface area contributed by atoms with Gasteiger partial charge < -0.3 is 15.8 Å². The van der Waals surface area contributed by atoms with Gasteiger partial charge in [-0.25, -0.2) is 4.79 Å². The minimum absolute atomic E-state index is 0.0813. The van der Waals surface area contributed by atoms with E-state index >= 15 is 0 Å². The Morgan fingerprint density at radius 3 is 2.75 bits per heavy atom. The van der Waals surface area contributed by atoms with E-state index in [-0.39, 0.29) is 5.70 Å². The highest BCUT2D eigenvalue weighted by Crippen LogP contribution is 1.97. The van der Waals surface area contributed by atoms with Crippen molar-refractivity contribution in [1.82, 2.24) is 5.32 Å². The van der Waals surface area contributed by atoms with Crippen LogP contribution in [0.4, 0.5) is 0 Å². The first-order valence-corrected chi connectivity index (χ1v) is 5.14. The van der Waals surface area contributed by atoms with Crippen molar-refractivity contribution in [2.45, 2.75) is 13.5 Å². The zero-order valence-corrected chi connectivity index (χ0v) is 9.27. The molecular weight excluding hydrogens is 204 g/mol. The second-order valence-corrected chi connectivity index (χ2v) is 3.19. The Bertz CT molecular complexity index is 361. The van der Waals surface area contributed by atoms with Crippen molar-refractivity contribution in [3.05, 3.63) is 47.8 Å². The molecule has 0 aliphatic heterocycles. The van der Waals surface area contributed by atoms with Gasteiger partial charge in [-0.3, -0.25) is 0 Å². The SMILES string of the molecule is CCOC(=O)/C(N)=C/NCc1ccccc1. The molecule has 0 aromatic heterocycles. The number of hydrogen-bond acceptors (Lipinski definition) is 4. The Hall–Kier alpha value is -1.97. The van der Waals surface area contributed by atoms with Crippen molar-refractivity contribution in [3.63, 3.8) is 0 Å². The van der Waals surface area contributed by atoms with Gasteiger partial charge in [0.2, 0.25) is 0 Å². The molecule has 0 amide bonds. The molecule has 0 aliphatic carbocycles. The third-order valence-corrected chi connectivity index (χ3v) is 1.92. The molecule has 1 aromatic rings. The van der Waals surface area contributed by atoms with E-state index in [1.165, 1.54) is 6.20 Å². The number of nitrogens with one attached hydrogen (secondary N) is 1. The maximum Gasteiger partial charge on any atom is 0.355 e. The van der Waals surface area contributed by atoms with Crippen LogP contribution < -0.4 is 11.1 Å². The fraction of sp³-hybridized carbons (Fsp3) is 0.250. The van der Waals surface area contributed by atoms with Gasteiger partial charge in [-0.15, -0.1) is 0 Å². The van der Waals surface area contributed by atoms with E-state index in [0.717, 1.165) is 5.56 Å². The van der Waals surface area contributed by atoms with Crippen LogP contribution >= 0.6 is 0 Å². The molecule has 0 aliphatic rings. The Kier molecular flexibility index (Phi) is 4.92. The largest absolute Gasteiger partial charge is 0.461 e. The fourth-order valence-electron chi connectivity index (χ4n) is 1.15. The highest BCUT2D eigenvalue weighted by molar-refractivity contribution is 5.87. The van der Waals surface area contributed by atoms with E-state index in [1.807, 2.05) is 30.3 Å². The van der Waals surface area contributed by atoms with Gasteiger partial charge in [0.1, 0.15) is 5.70 Å². The van der Waals surface area contributed by atoms with E-state index in [9.17, 15) is 4.79 Å². The van der Waals surface area contributed by atoms with E-state index in [4.69, 9.17) is 10.5 Å².